The Balaban J connectivity index is 2.32. The van der Waals surface area contributed by atoms with E-state index in [4.69, 9.17) is 5.73 Å². The highest BCUT2D eigenvalue weighted by molar-refractivity contribution is 7.89. The molecule has 1 aliphatic rings. The lowest BCUT2D eigenvalue weighted by Gasteiger charge is -2.27. The molecular formula is C16H26N2O2S. The molecular weight excluding hydrogens is 284 g/mol. The van der Waals surface area contributed by atoms with Crippen molar-refractivity contribution in [3.8, 4) is 0 Å². The summed E-state index contributed by atoms with van der Waals surface area (Å²) in [7, 11) is -3.44. The van der Waals surface area contributed by atoms with Crippen LogP contribution in [0.5, 0.6) is 0 Å². The van der Waals surface area contributed by atoms with E-state index in [2.05, 4.69) is 20.8 Å². The van der Waals surface area contributed by atoms with Gasteiger partial charge in [0.1, 0.15) is 0 Å². The van der Waals surface area contributed by atoms with Gasteiger partial charge in [0.05, 0.1) is 4.90 Å². The Labute approximate surface area is 128 Å². The molecule has 2 N–H and O–H groups in total. The van der Waals surface area contributed by atoms with Gasteiger partial charge in [0, 0.05) is 18.8 Å². The Hall–Kier alpha value is -1.07. The quantitative estimate of drug-likeness (QED) is 0.854. The van der Waals surface area contributed by atoms with Crippen LogP contribution in [0.4, 0.5) is 5.69 Å². The SMILES string of the molecule is Cc1cc(S(=O)(=O)N2CCC(C(C)(C)C)C2)cc(N)c1C. The van der Waals surface area contributed by atoms with Crippen LogP contribution in [0.25, 0.3) is 0 Å². The fourth-order valence-corrected chi connectivity index (χ4v) is 4.43. The van der Waals surface area contributed by atoms with Crippen LogP contribution in [0, 0.1) is 25.2 Å². The minimum atomic E-state index is -3.44. The molecule has 1 aliphatic heterocycles. The predicted molar refractivity (Wildman–Crippen MR) is 86.6 cm³/mol. The van der Waals surface area contributed by atoms with Crippen LogP contribution < -0.4 is 5.73 Å². The molecule has 1 atom stereocenters. The van der Waals surface area contributed by atoms with Crippen molar-refractivity contribution >= 4 is 15.7 Å². The molecule has 1 aromatic carbocycles. The van der Waals surface area contributed by atoms with Crippen molar-refractivity contribution in [1.29, 1.82) is 0 Å². The Morgan fingerprint density at radius 2 is 1.86 bits per heavy atom. The summed E-state index contributed by atoms with van der Waals surface area (Å²) in [6, 6.07) is 3.31. The van der Waals surface area contributed by atoms with Crippen molar-refractivity contribution in [3.63, 3.8) is 0 Å². The van der Waals surface area contributed by atoms with Gasteiger partial charge in [-0.05, 0) is 54.9 Å². The van der Waals surface area contributed by atoms with E-state index in [1.807, 2.05) is 13.8 Å². The van der Waals surface area contributed by atoms with Crippen LogP contribution >= 0.6 is 0 Å². The van der Waals surface area contributed by atoms with Gasteiger partial charge in [-0.25, -0.2) is 8.42 Å². The Morgan fingerprint density at radius 3 is 2.33 bits per heavy atom. The molecule has 0 radical (unpaired) electrons. The zero-order valence-corrected chi connectivity index (χ0v) is 14.4. The average Bonchev–Trinajstić information content (AvgIpc) is 2.85. The first kappa shape index (κ1) is 16.3. The van der Waals surface area contributed by atoms with E-state index in [-0.39, 0.29) is 5.41 Å². The summed E-state index contributed by atoms with van der Waals surface area (Å²) in [5.74, 6) is 0.399. The smallest absolute Gasteiger partial charge is 0.243 e. The summed E-state index contributed by atoms with van der Waals surface area (Å²) in [6.45, 7) is 11.5. The number of aryl methyl sites for hydroxylation is 1. The molecule has 0 saturated carbocycles. The van der Waals surface area contributed by atoms with Crippen LogP contribution in [0.15, 0.2) is 17.0 Å². The first-order chi connectivity index (χ1) is 9.53. The molecule has 0 bridgehead atoms. The molecule has 1 aromatic rings. The third-order valence-corrected chi connectivity index (χ3v) is 6.54. The second-order valence-corrected chi connectivity index (χ2v) is 9.11. The summed E-state index contributed by atoms with van der Waals surface area (Å²) < 4.78 is 27.2. The van der Waals surface area contributed by atoms with E-state index >= 15 is 0 Å². The zero-order valence-electron chi connectivity index (χ0n) is 13.6. The number of anilines is 1. The standard InChI is InChI=1S/C16H26N2O2S/c1-11-8-14(9-15(17)12(11)2)21(19,20)18-7-6-13(10-18)16(3,4)5/h8-9,13H,6-7,10,17H2,1-5H3. The van der Waals surface area contributed by atoms with Crippen LogP contribution in [-0.4, -0.2) is 25.8 Å². The number of nitrogens with two attached hydrogens (primary N) is 1. The third-order valence-electron chi connectivity index (χ3n) is 4.69. The summed E-state index contributed by atoms with van der Waals surface area (Å²) in [4.78, 5) is 0.317. The van der Waals surface area contributed by atoms with Gasteiger partial charge in [-0.15, -0.1) is 0 Å². The van der Waals surface area contributed by atoms with E-state index in [1.54, 1.807) is 16.4 Å². The van der Waals surface area contributed by atoms with Gasteiger partial charge in [0.15, 0.2) is 0 Å². The lowest BCUT2D eigenvalue weighted by Crippen LogP contribution is -2.31. The van der Waals surface area contributed by atoms with E-state index in [0.29, 0.717) is 29.6 Å². The molecule has 1 fully saturated rings. The highest BCUT2D eigenvalue weighted by atomic mass is 32.2. The number of hydrogen-bond acceptors (Lipinski definition) is 3. The molecule has 1 unspecified atom stereocenters. The fraction of sp³-hybridized carbons (Fsp3) is 0.625. The van der Waals surface area contributed by atoms with Crippen LogP contribution in [-0.2, 0) is 10.0 Å². The molecule has 118 valence electrons. The van der Waals surface area contributed by atoms with Gasteiger partial charge in [0.25, 0.3) is 0 Å². The predicted octanol–water partition coefficient (Wildman–Crippen LogP) is 2.94. The molecule has 1 saturated heterocycles. The first-order valence-electron chi connectivity index (χ1n) is 7.40. The molecule has 4 nitrogen and oxygen atoms in total. The van der Waals surface area contributed by atoms with E-state index in [0.717, 1.165) is 17.5 Å². The van der Waals surface area contributed by atoms with Gasteiger partial charge in [-0.2, -0.15) is 4.31 Å². The van der Waals surface area contributed by atoms with E-state index in [1.165, 1.54) is 0 Å². The summed E-state index contributed by atoms with van der Waals surface area (Å²) in [5.41, 5.74) is 8.47. The van der Waals surface area contributed by atoms with Crippen molar-refractivity contribution in [3.05, 3.63) is 23.3 Å². The van der Waals surface area contributed by atoms with E-state index in [9.17, 15) is 8.42 Å². The normalized spacial score (nSPS) is 20.9. The molecule has 21 heavy (non-hydrogen) atoms. The van der Waals surface area contributed by atoms with Crippen molar-refractivity contribution in [2.75, 3.05) is 18.8 Å². The topological polar surface area (TPSA) is 63.4 Å². The van der Waals surface area contributed by atoms with Crippen molar-refractivity contribution in [2.24, 2.45) is 11.3 Å². The Bertz CT molecular complexity index is 622. The average molecular weight is 310 g/mol. The van der Waals surface area contributed by atoms with Crippen LogP contribution in [0.1, 0.15) is 38.3 Å². The minimum absolute atomic E-state index is 0.131. The minimum Gasteiger partial charge on any atom is -0.398 e. The monoisotopic (exact) mass is 310 g/mol. The highest BCUT2D eigenvalue weighted by Crippen LogP contribution is 2.36. The molecule has 0 spiro atoms. The van der Waals surface area contributed by atoms with Gasteiger partial charge in [0.2, 0.25) is 10.0 Å². The lowest BCUT2D eigenvalue weighted by molar-refractivity contribution is 0.252. The van der Waals surface area contributed by atoms with E-state index < -0.39 is 10.0 Å². The molecule has 1 heterocycles. The lowest BCUT2D eigenvalue weighted by atomic mass is 9.80. The fourth-order valence-electron chi connectivity index (χ4n) is 2.80. The maximum Gasteiger partial charge on any atom is 0.243 e. The van der Waals surface area contributed by atoms with Gasteiger partial charge < -0.3 is 5.73 Å². The van der Waals surface area contributed by atoms with Crippen LogP contribution in [0.3, 0.4) is 0 Å². The molecule has 0 aromatic heterocycles. The largest absolute Gasteiger partial charge is 0.398 e. The van der Waals surface area contributed by atoms with Gasteiger partial charge >= 0.3 is 0 Å². The molecule has 0 aliphatic carbocycles. The number of rotatable bonds is 2. The number of nitrogen functional groups attached to an aromatic ring is 1. The highest BCUT2D eigenvalue weighted by Gasteiger charge is 2.37. The number of nitrogens with zero attached hydrogens (tertiary/aromatic N) is 1. The third kappa shape index (κ3) is 3.09. The second kappa shape index (κ2) is 5.29. The van der Waals surface area contributed by atoms with Crippen molar-refractivity contribution < 1.29 is 8.42 Å². The first-order valence-corrected chi connectivity index (χ1v) is 8.84. The zero-order chi connectivity index (χ0) is 16.0. The Morgan fingerprint density at radius 1 is 1.24 bits per heavy atom. The van der Waals surface area contributed by atoms with Gasteiger partial charge in [-0.1, -0.05) is 20.8 Å². The summed E-state index contributed by atoms with van der Waals surface area (Å²) >= 11 is 0. The van der Waals surface area contributed by atoms with Crippen LogP contribution in [0.2, 0.25) is 0 Å². The molecule has 5 heteroatoms. The van der Waals surface area contributed by atoms with Crippen molar-refractivity contribution in [1.82, 2.24) is 4.31 Å². The molecule has 2 rings (SSSR count). The number of benzene rings is 1. The van der Waals surface area contributed by atoms with Crippen molar-refractivity contribution in [2.45, 2.75) is 45.9 Å². The maximum absolute atomic E-state index is 12.8. The summed E-state index contributed by atoms with van der Waals surface area (Å²) in [6.07, 6.45) is 0.920. The number of hydrogen-bond donors (Lipinski definition) is 1. The number of sulfonamides is 1. The molecule has 0 amide bonds. The second-order valence-electron chi connectivity index (χ2n) is 7.17. The van der Waals surface area contributed by atoms with Gasteiger partial charge in [-0.3, -0.25) is 0 Å². The summed E-state index contributed by atoms with van der Waals surface area (Å²) in [5, 5.41) is 0. The maximum atomic E-state index is 12.8. The Kier molecular flexibility index (Phi) is 4.10.